The number of benzene rings is 2. The van der Waals surface area contributed by atoms with Crippen molar-refractivity contribution < 1.29 is 4.74 Å². The SMILES string of the molecule is CN1CC2(C1)CN(c1cc3c(cc1N)C(N)(c1ccc(OCc4ccccn4)c(Cl)c1)N=CN3)C2. The molecule has 9 heteroatoms. The summed E-state index contributed by atoms with van der Waals surface area (Å²) in [5.74, 6) is 0.561. The highest BCUT2D eigenvalue weighted by Crippen LogP contribution is 2.46. The molecule has 3 aromatic rings. The molecular formula is C26H28ClN7O. The fraction of sp³-hybridized carbons (Fsp3) is 0.308. The fourth-order valence-electron chi connectivity index (χ4n) is 5.54. The Balaban J connectivity index is 1.25. The summed E-state index contributed by atoms with van der Waals surface area (Å²) in [7, 11) is 2.16. The zero-order valence-corrected chi connectivity index (χ0v) is 20.3. The van der Waals surface area contributed by atoms with Crippen LogP contribution in [-0.2, 0) is 12.3 Å². The van der Waals surface area contributed by atoms with Gasteiger partial charge in [0.1, 0.15) is 12.4 Å². The molecule has 1 unspecified atom stereocenters. The van der Waals surface area contributed by atoms with Crippen molar-refractivity contribution in [3.05, 3.63) is 76.6 Å². The van der Waals surface area contributed by atoms with Gasteiger partial charge in [0.05, 0.1) is 28.4 Å². The Morgan fingerprint density at radius 1 is 1.11 bits per heavy atom. The summed E-state index contributed by atoms with van der Waals surface area (Å²) in [5, 5.41) is 3.71. The van der Waals surface area contributed by atoms with Gasteiger partial charge in [0.25, 0.3) is 0 Å². The molecule has 5 N–H and O–H groups in total. The lowest BCUT2D eigenvalue weighted by Crippen LogP contribution is -2.71. The minimum atomic E-state index is -1.12. The van der Waals surface area contributed by atoms with Gasteiger partial charge < -0.3 is 25.6 Å². The highest BCUT2D eigenvalue weighted by molar-refractivity contribution is 6.32. The minimum absolute atomic E-state index is 0.325. The summed E-state index contributed by atoms with van der Waals surface area (Å²) in [5.41, 5.74) is 17.7. The molecular weight excluding hydrogens is 462 g/mol. The predicted octanol–water partition coefficient (Wildman–Crippen LogP) is 3.26. The standard InChI is InChI=1S/C26H28ClN7O/c1-33-12-25(13-33)14-34(15-25)23-10-22-19(9-21(23)28)26(29,32-16-31-22)17-5-6-24(20(27)8-17)35-11-18-4-2-3-7-30-18/h2-10,16H,11-15,28-29H2,1H3,(H,31,32). The first-order chi connectivity index (χ1) is 16.9. The monoisotopic (exact) mass is 489 g/mol. The maximum Gasteiger partial charge on any atom is 0.163 e. The minimum Gasteiger partial charge on any atom is -0.486 e. The molecule has 35 heavy (non-hydrogen) atoms. The van der Waals surface area contributed by atoms with Crippen LogP contribution in [0.2, 0.25) is 5.02 Å². The van der Waals surface area contributed by atoms with Crippen molar-refractivity contribution in [1.82, 2.24) is 9.88 Å². The summed E-state index contributed by atoms with van der Waals surface area (Å²) in [4.78, 5) is 13.6. The summed E-state index contributed by atoms with van der Waals surface area (Å²) in [6.45, 7) is 4.67. The van der Waals surface area contributed by atoms with Crippen LogP contribution in [0.4, 0.5) is 17.1 Å². The van der Waals surface area contributed by atoms with Gasteiger partial charge in [-0.25, -0.2) is 4.99 Å². The van der Waals surface area contributed by atoms with Gasteiger partial charge in [-0.15, -0.1) is 0 Å². The van der Waals surface area contributed by atoms with E-state index in [1.165, 1.54) is 0 Å². The van der Waals surface area contributed by atoms with Crippen LogP contribution in [0.25, 0.3) is 0 Å². The molecule has 0 saturated carbocycles. The number of nitrogens with two attached hydrogens (primary N) is 2. The second-order valence-electron chi connectivity index (χ2n) is 9.91. The van der Waals surface area contributed by atoms with Crippen molar-refractivity contribution >= 4 is 35.0 Å². The van der Waals surface area contributed by atoms with Crippen molar-refractivity contribution in [1.29, 1.82) is 0 Å². The Morgan fingerprint density at radius 3 is 2.66 bits per heavy atom. The van der Waals surface area contributed by atoms with Crippen molar-refractivity contribution in [2.75, 3.05) is 49.2 Å². The second kappa shape index (κ2) is 8.12. The van der Waals surface area contributed by atoms with Crippen LogP contribution in [-0.4, -0.2) is 49.4 Å². The third-order valence-electron chi connectivity index (χ3n) is 7.14. The average Bonchev–Trinajstić information content (AvgIpc) is 2.81. The molecule has 0 amide bonds. The summed E-state index contributed by atoms with van der Waals surface area (Å²) in [6, 6.07) is 15.2. The van der Waals surface area contributed by atoms with Gasteiger partial charge in [-0.2, -0.15) is 0 Å². The molecule has 180 valence electrons. The lowest BCUT2D eigenvalue weighted by Gasteiger charge is -2.60. The molecule has 1 atom stereocenters. The summed E-state index contributed by atoms with van der Waals surface area (Å²) >= 11 is 6.58. The van der Waals surface area contributed by atoms with Crippen LogP contribution < -0.4 is 26.4 Å². The number of hydrogen-bond acceptors (Lipinski definition) is 8. The van der Waals surface area contributed by atoms with Gasteiger partial charge in [-0.1, -0.05) is 23.7 Å². The number of fused-ring (bicyclic) bond motifs is 1. The number of hydrogen-bond donors (Lipinski definition) is 3. The second-order valence-corrected chi connectivity index (χ2v) is 10.3. The third kappa shape index (κ3) is 3.78. The highest BCUT2D eigenvalue weighted by Gasteiger charge is 2.51. The van der Waals surface area contributed by atoms with Crippen LogP contribution in [0.15, 0.2) is 59.7 Å². The van der Waals surface area contributed by atoms with E-state index in [9.17, 15) is 0 Å². The molecule has 2 saturated heterocycles. The number of halogens is 1. The van der Waals surface area contributed by atoms with E-state index < -0.39 is 5.66 Å². The maximum atomic E-state index is 6.88. The molecule has 0 bridgehead atoms. The number of rotatable bonds is 5. The number of likely N-dealkylation sites (tertiary alicyclic amines) is 1. The molecule has 3 aliphatic heterocycles. The Kier molecular flexibility index (Phi) is 5.14. The number of nitrogens with zero attached hydrogens (tertiary/aromatic N) is 4. The number of aromatic nitrogens is 1. The number of pyridine rings is 1. The van der Waals surface area contributed by atoms with Crippen molar-refractivity contribution in [3.8, 4) is 5.75 Å². The normalized spacial score (nSPS) is 22.2. The maximum absolute atomic E-state index is 6.88. The van der Waals surface area contributed by atoms with Crippen LogP contribution in [0.5, 0.6) is 5.75 Å². The Morgan fingerprint density at radius 2 is 1.94 bits per heavy atom. The molecule has 6 rings (SSSR count). The van der Waals surface area contributed by atoms with E-state index in [0.717, 1.165) is 54.4 Å². The number of ether oxygens (including phenoxy) is 1. The van der Waals surface area contributed by atoms with E-state index in [-0.39, 0.29) is 0 Å². The number of nitrogens with one attached hydrogen (secondary N) is 1. The average molecular weight is 490 g/mol. The first-order valence-electron chi connectivity index (χ1n) is 11.6. The first kappa shape index (κ1) is 22.2. The smallest absolute Gasteiger partial charge is 0.163 e. The number of anilines is 3. The molecule has 0 radical (unpaired) electrons. The van der Waals surface area contributed by atoms with Gasteiger partial charge in [-0.05, 0) is 43.4 Å². The molecule has 2 fully saturated rings. The van der Waals surface area contributed by atoms with Crippen LogP contribution in [0.1, 0.15) is 16.8 Å². The lowest BCUT2D eigenvalue weighted by molar-refractivity contribution is -0.00231. The van der Waals surface area contributed by atoms with Crippen LogP contribution in [0.3, 0.4) is 0 Å². The van der Waals surface area contributed by atoms with E-state index in [4.69, 9.17) is 27.8 Å². The first-order valence-corrected chi connectivity index (χ1v) is 12.0. The zero-order valence-electron chi connectivity index (χ0n) is 19.5. The largest absolute Gasteiger partial charge is 0.486 e. The van der Waals surface area contributed by atoms with Crippen molar-refractivity contribution in [2.45, 2.75) is 12.3 Å². The van der Waals surface area contributed by atoms with Crippen LogP contribution in [0, 0.1) is 5.41 Å². The fourth-order valence-corrected chi connectivity index (χ4v) is 5.77. The molecule has 1 spiro atoms. The molecule has 1 aromatic heterocycles. The van der Waals surface area contributed by atoms with Gasteiger partial charge in [0.15, 0.2) is 5.66 Å². The summed E-state index contributed by atoms with van der Waals surface area (Å²) < 4.78 is 5.87. The van der Waals surface area contributed by atoms with Gasteiger partial charge in [-0.3, -0.25) is 10.7 Å². The van der Waals surface area contributed by atoms with Gasteiger partial charge in [0, 0.05) is 54.6 Å². The number of nitrogen functional groups attached to an aromatic ring is 1. The molecule has 0 aliphatic carbocycles. The van der Waals surface area contributed by atoms with Crippen LogP contribution >= 0.6 is 11.6 Å². The highest BCUT2D eigenvalue weighted by atomic mass is 35.5. The zero-order chi connectivity index (χ0) is 24.2. The predicted molar refractivity (Wildman–Crippen MR) is 140 cm³/mol. The Bertz CT molecular complexity index is 1300. The van der Waals surface area contributed by atoms with E-state index in [1.807, 2.05) is 36.4 Å². The van der Waals surface area contributed by atoms with E-state index >= 15 is 0 Å². The number of aliphatic imine (C=N–C) groups is 1. The summed E-state index contributed by atoms with van der Waals surface area (Å²) in [6.07, 6.45) is 3.37. The van der Waals surface area contributed by atoms with Gasteiger partial charge >= 0.3 is 0 Å². The lowest BCUT2D eigenvalue weighted by atomic mass is 9.73. The van der Waals surface area contributed by atoms with Crippen molar-refractivity contribution in [3.63, 3.8) is 0 Å². The topological polar surface area (TPSA) is 105 Å². The van der Waals surface area contributed by atoms with E-state index in [1.54, 1.807) is 18.6 Å². The Labute approximate surface area is 209 Å². The quantitative estimate of drug-likeness (QED) is 0.472. The van der Waals surface area contributed by atoms with Crippen molar-refractivity contribution in [2.24, 2.45) is 16.1 Å². The molecule has 4 heterocycles. The van der Waals surface area contributed by atoms with E-state index in [2.05, 4.69) is 38.2 Å². The molecule has 2 aromatic carbocycles. The molecule has 8 nitrogen and oxygen atoms in total. The van der Waals surface area contributed by atoms with E-state index in [0.29, 0.717) is 28.5 Å². The Hall–Kier alpha value is -3.33. The third-order valence-corrected chi connectivity index (χ3v) is 7.44. The van der Waals surface area contributed by atoms with Gasteiger partial charge in [0.2, 0.25) is 0 Å². The molecule has 3 aliphatic rings.